The second-order valence-corrected chi connectivity index (χ2v) is 5.56. The summed E-state index contributed by atoms with van der Waals surface area (Å²) in [4.78, 5) is 24.0. The molecule has 18 heavy (non-hydrogen) atoms. The number of hydrogen-bond acceptors (Lipinski definition) is 2. The summed E-state index contributed by atoms with van der Waals surface area (Å²) >= 11 is 0. The molecular weight excluding hydrogens is 226 g/mol. The van der Waals surface area contributed by atoms with Crippen LogP contribution in [0.2, 0.25) is 0 Å². The van der Waals surface area contributed by atoms with Crippen LogP contribution in [0, 0.1) is 5.41 Å². The molecular formula is C15H19NO2. The third-order valence-corrected chi connectivity index (χ3v) is 4.20. The van der Waals surface area contributed by atoms with Gasteiger partial charge >= 0.3 is 0 Å². The molecule has 1 N–H and O–H groups in total. The SMILES string of the molecule is CCC1(c2ccccc2)C(=O)NC(=O)CC1(C)C. The Balaban J connectivity index is 2.60. The van der Waals surface area contributed by atoms with Crippen molar-refractivity contribution >= 4 is 11.8 Å². The fraction of sp³-hybridized carbons (Fsp3) is 0.467. The Bertz CT molecular complexity index is 479. The van der Waals surface area contributed by atoms with Crippen molar-refractivity contribution in [1.82, 2.24) is 5.32 Å². The highest BCUT2D eigenvalue weighted by Crippen LogP contribution is 2.48. The predicted octanol–water partition coefficient (Wildman–Crippen LogP) is 2.41. The number of carbonyl (C=O) groups excluding carboxylic acids is 2. The largest absolute Gasteiger partial charge is 0.296 e. The summed E-state index contributed by atoms with van der Waals surface area (Å²) in [6.45, 7) is 6.00. The van der Waals surface area contributed by atoms with E-state index in [4.69, 9.17) is 0 Å². The molecule has 1 unspecified atom stereocenters. The average molecular weight is 245 g/mol. The predicted molar refractivity (Wildman–Crippen MR) is 70.0 cm³/mol. The number of imide groups is 1. The number of carbonyl (C=O) groups is 2. The van der Waals surface area contributed by atoms with Crippen molar-refractivity contribution in [2.75, 3.05) is 0 Å². The number of amides is 2. The van der Waals surface area contributed by atoms with Gasteiger partial charge in [0.2, 0.25) is 11.8 Å². The third kappa shape index (κ3) is 1.65. The lowest BCUT2D eigenvalue weighted by atomic mass is 9.56. The molecule has 1 saturated heterocycles. The zero-order valence-electron chi connectivity index (χ0n) is 11.1. The van der Waals surface area contributed by atoms with Gasteiger partial charge < -0.3 is 0 Å². The molecule has 1 aromatic rings. The molecule has 96 valence electrons. The second-order valence-electron chi connectivity index (χ2n) is 5.56. The molecule has 0 spiro atoms. The molecule has 2 amide bonds. The summed E-state index contributed by atoms with van der Waals surface area (Å²) < 4.78 is 0. The van der Waals surface area contributed by atoms with Gasteiger partial charge in [-0.2, -0.15) is 0 Å². The zero-order chi connectivity index (χ0) is 13.4. The van der Waals surface area contributed by atoms with E-state index in [-0.39, 0.29) is 17.2 Å². The lowest BCUT2D eigenvalue weighted by Gasteiger charge is -2.48. The molecule has 1 aliphatic heterocycles. The summed E-state index contributed by atoms with van der Waals surface area (Å²) in [5, 5.41) is 2.50. The van der Waals surface area contributed by atoms with Crippen molar-refractivity contribution in [1.29, 1.82) is 0 Å². The van der Waals surface area contributed by atoms with Crippen LogP contribution in [0.1, 0.15) is 39.2 Å². The number of rotatable bonds is 2. The molecule has 3 nitrogen and oxygen atoms in total. The van der Waals surface area contributed by atoms with Gasteiger partial charge in [-0.3, -0.25) is 14.9 Å². The molecule has 0 bridgehead atoms. The van der Waals surface area contributed by atoms with Gasteiger partial charge in [0.25, 0.3) is 0 Å². The fourth-order valence-electron chi connectivity index (χ4n) is 3.22. The normalized spacial score (nSPS) is 26.8. The van der Waals surface area contributed by atoms with E-state index in [1.807, 2.05) is 51.1 Å². The highest BCUT2D eigenvalue weighted by Gasteiger charge is 2.54. The summed E-state index contributed by atoms with van der Waals surface area (Å²) in [5.41, 5.74) is -0.00692. The van der Waals surface area contributed by atoms with Gasteiger partial charge in [0.1, 0.15) is 0 Å². The molecule has 3 heteroatoms. The third-order valence-electron chi connectivity index (χ3n) is 4.20. The van der Waals surface area contributed by atoms with Crippen LogP contribution in [0.3, 0.4) is 0 Å². The van der Waals surface area contributed by atoms with Gasteiger partial charge in [0, 0.05) is 6.42 Å². The molecule has 0 aromatic heterocycles. The molecule has 1 aliphatic rings. The van der Waals surface area contributed by atoms with E-state index >= 15 is 0 Å². The standard InChI is InChI=1S/C15H19NO2/c1-4-15(11-8-6-5-7-9-11)13(18)16-12(17)10-14(15,2)3/h5-9H,4,10H2,1-3H3,(H,16,17,18). The maximum Gasteiger partial charge on any atom is 0.237 e. The lowest BCUT2D eigenvalue weighted by Crippen LogP contribution is -2.60. The van der Waals surface area contributed by atoms with E-state index in [2.05, 4.69) is 5.32 Å². The molecule has 1 aromatic carbocycles. The second kappa shape index (κ2) is 4.23. The first-order valence-electron chi connectivity index (χ1n) is 6.34. The van der Waals surface area contributed by atoms with Crippen LogP contribution in [-0.2, 0) is 15.0 Å². The van der Waals surface area contributed by atoms with Crippen LogP contribution in [-0.4, -0.2) is 11.8 Å². The van der Waals surface area contributed by atoms with E-state index in [1.165, 1.54) is 0 Å². The summed E-state index contributed by atoms with van der Waals surface area (Å²) in [7, 11) is 0. The molecule has 1 atom stereocenters. The zero-order valence-corrected chi connectivity index (χ0v) is 11.1. The maximum absolute atomic E-state index is 12.4. The van der Waals surface area contributed by atoms with Gasteiger partial charge in [-0.15, -0.1) is 0 Å². The Morgan fingerprint density at radius 2 is 1.78 bits per heavy atom. The molecule has 0 radical (unpaired) electrons. The van der Waals surface area contributed by atoms with Crippen molar-refractivity contribution < 1.29 is 9.59 Å². The van der Waals surface area contributed by atoms with E-state index in [9.17, 15) is 9.59 Å². The number of hydrogen-bond donors (Lipinski definition) is 1. The van der Waals surface area contributed by atoms with E-state index in [0.717, 1.165) is 5.56 Å². The van der Waals surface area contributed by atoms with Crippen molar-refractivity contribution in [2.24, 2.45) is 5.41 Å². The van der Waals surface area contributed by atoms with Crippen molar-refractivity contribution in [3.8, 4) is 0 Å². The summed E-state index contributed by atoms with van der Waals surface area (Å²) in [6.07, 6.45) is 1.06. The molecule has 0 aliphatic carbocycles. The van der Waals surface area contributed by atoms with Gasteiger partial charge in [-0.05, 0) is 17.4 Å². The first kappa shape index (κ1) is 12.8. The van der Waals surface area contributed by atoms with Crippen molar-refractivity contribution in [3.63, 3.8) is 0 Å². The highest BCUT2D eigenvalue weighted by atomic mass is 16.2. The summed E-state index contributed by atoms with van der Waals surface area (Å²) in [6, 6.07) is 9.76. The van der Waals surface area contributed by atoms with Gasteiger partial charge in [0.05, 0.1) is 5.41 Å². The lowest BCUT2D eigenvalue weighted by molar-refractivity contribution is -0.145. The maximum atomic E-state index is 12.4. The Morgan fingerprint density at radius 1 is 1.17 bits per heavy atom. The first-order chi connectivity index (χ1) is 8.44. The van der Waals surface area contributed by atoms with E-state index < -0.39 is 5.41 Å². The smallest absolute Gasteiger partial charge is 0.237 e. The quantitative estimate of drug-likeness (QED) is 0.813. The van der Waals surface area contributed by atoms with Crippen LogP contribution < -0.4 is 5.32 Å². The van der Waals surface area contributed by atoms with Crippen LogP contribution in [0.25, 0.3) is 0 Å². The Hall–Kier alpha value is -1.64. The van der Waals surface area contributed by atoms with Crippen LogP contribution in [0.5, 0.6) is 0 Å². The molecule has 1 heterocycles. The Morgan fingerprint density at radius 3 is 2.28 bits per heavy atom. The molecule has 0 saturated carbocycles. The molecule has 1 fully saturated rings. The first-order valence-corrected chi connectivity index (χ1v) is 6.34. The average Bonchev–Trinajstić information content (AvgIpc) is 2.29. The monoisotopic (exact) mass is 245 g/mol. The minimum absolute atomic E-state index is 0.169. The number of benzene rings is 1. The number of nitrogens with one attached hydrogen (secondary N) is 1. The Kier molecular flexibility index (Phi) is 3.01. The van der Waals surface area contributed by atoms with Gasteiger partial charge in [-0.25, -0.2) is 0 Å². The van der Waals surface area contributed by atoms with Crippen LogP contribution in [0.4, 0.5) is 0 Å². The van der Waals surface area contributed by atoms with Gasteiger partial charge in [-0.1, -0.05) is 51.1 Å². The Labute approximate surface area is 108 Å². The fourth-order valence-corrected chi connectivity index (χ4v) is 3.22. The van der Waals surface area contributed by atoms with E-state index in [0.29, 0.717) is 12.8 Å². The van der Waals surface area contributed by atoms with Crippen molar-refractivity contribution in [3.05, 3.63) is 35.9 Å². The van der Waals surface area contributed by atoms with Crippen LogP contribution in [0.15, 0.2) is 30.3 Å². The van der Waals surface area contributed by atoms with Gasteiger partial charge in [0.15, 0.2) is 0 Å². The topological polar surface area (TPSA) is 46.2 Å². The van der Waals surface area contributed by atoms with Crippen molar-refractivity contribution in [2.45, 2.75) is 39.0 Å². The van der Waals surface area contributed by atoms with Crippen LogP contribution >= 0.6 is 0 Å². The number of piperidine rings is 1. The minimum atomic E-state index is -0.623. The summed E-state index contributed by atoms with van der Waals surface area (Å²) in [5.74, 6) is -0.345. The van der Waals surface area contributed by atoms with E-state index in [1.54, 1.807) is 0 Å². The molecule has 2 rings (SSSR count). The highest BCUT2D eigenvalue weighted by molar-refractivity contribution is 6.04. The minimum Gasteiger partial charge on any atom is -0.296 e.